The average Bonchev–Trinajstić information content (AvgIpc) is 2.59. The van der Waals surface area contributed by atoms with E-state index in [2.05, 4.69) is 10.6 Å². The van der Waals surface area contributed by atoms with E-state index in [0.29, 0.717) is 16.9 Å². The number of rotatable bonds is 4. The van der Waals surface area contributed by atoms with Gasteiger partial charge in [0.05, 0.1) is 11.4 Å². The molecule has 2 N–H and O–H groups in total. The van der Waals surface area contributed by atoms with Crippen molar-refractivity contribution in [1.82, 2.24) is 0 Å². The summed E-state index contributed by atoms with van der Waals surface area (Å²) in [5.41, 5.74) is 1.72. The van der Waals surface area contributed by atoms with Crippen LogP contribution in [0.2, 0.25) is 0 Å². The number of anilines is 3. The molecular weight excluding hydrogens is 330 g/mol. The van der Waals surface area contributed by atoms with Crippen LogP contribution in [0.15, 0.2) is 48.5 Å². The number of benzene rings is 2. The number of fused-ring (bicyclic) bond motifs is 1. The van der Waals surface area contributed by atoms with E-state index < -0.39 is 5.54 Å². The van der Waals surface area contributed by atoms with Crippen LogP contribution in [0.5, 0.6) is 0 Å². The van der Waals surface area contributed by atoms with Crippen molar-refractivity contribution in [3.05, 3.63) is 54.1 Å². The first-order valence-corrected chi connectivity index (χ1v) is 8.38. The molecule has 0 aliphatic carbocycles. The van der Waals surface area contributed by atoms with Crippen LogP contribution >= 0.6 is 0 Å². The zero-order chi connectivity index (χ0) is 18.9. The number of hydrogen-bond donors (Lipinski definition) is 2. The molecule has 6 nitrogen and oxygen atoms in total. The van der Waals surface area contributed by atoms with Gasteiger partial charge in [0.1, 0.15) is 12.1 Å². The molecule has 6 heteroatoms. The molecule has 0 spiro atoms. The number of Topliss-reactive ketones (excluding diaryl/α,β-unsaturated/α-hetero) is 1. The van der Waals surface area contributed by atoms with Crippen LogP contribution in [-0.2, 0) is 9.59 Å². The second-order valence-electron chi connectivity index (χ2n) is 6.84. The molecule has 1 aliphatic heterocycles. The molecule has 0 fully saturated rings. The maximum absolute atomic E-state index is 12.8. The molecule has 0 atom stereocenters. The number of ketones is 1. The number of nitrogens with zero attached hydrogens (tertiary/aromatic N) is 1. The van der Waals surface area contributed by atoms with E-state index in [-0.39, 0.29) is 24.1 Å². The Morgan fingerprint density at radius 1 is 1.12 bits per heavy atom. The van der Waals surface area contributed by atoms with E-state index in [9.17, 15) is 14.4 Å². The molecule has 0 saturated heterocycles. The lowest BCUT2D eigenvalue weighted by Crippen LogP contribution is -2.55. The van der Waals surface area contributed by atoms with Gasteiger partial charge in [-0.05, 0) is 45.0 Å². The standard InChI is InChI=1S/C20H21N3O3/c1-13(24)14-7-6-8-15(11-14)21-18(25)12-23-17-10-5-4-9-16(17)22-20(2,3)19(23)26/h4-11,22H,12H2,1-3H3,(H,21,25). The van der Waals surface area contributed by atoms with Crippen LogP contribution in [0.25, 0.3) is 0 Å². The molecule has 134 valence electrons. The van der Waals surface area contributed by atoms with Crippen LogP contribution < -0.4 is 15.5 Å². The third kappa shape index (κ3) is 3.44. The fourth-order valence-electron chi connectivity index (χ4n) is 2.97. The second-order valence-corrected chi connectivity index (χ2v) is 6.84. The Bertz CT molecular complexity index is 889. The number of para-hydroxylation sites is 2. The lowest BCUT2D eigenvalue weighted by atomic mass is 9.98. The number of hydrogen-bond acceptors (Lipinski definition) is 4. The Labute approximate surface area is 152 Å². The third-order valence-corrected chi connectivity index (χ3v) is 4.28. The maximum Gasteiger partial charge on any atom is 0.252 e. The van der Waals surface area contributed by atoms with Gasteiger partial charge in [-0.15, -0.1) is 0 Å². The van der Waals surface area contributed by atoms with Gasteiger partial charge in [-0.3, -0.25) is 19.3 Å². The minimum atomic E-state index is -0.802. The summed E-state index contributed by atoms with van der Waals surface area (Å²) in [6, 6.07) is 14.1. The number of carbonyl (C=O) groups excluding carboxylic acids is 3. The zero-order valence-corrected chi connectivity index (χ0v) is 15.0. The zero-order valence-electron chi connectivity index (χ0n) is 15.0. The Morgan fingerprint density at radius 3 is 2.58 bits per heavy atom. The van der Waals surface area contributed by atoms with Crippen LogP contribution in [0.4, 0.5) is 17.1 Å². The van der Waals surface area contributed by atoms with Crippen molar-refractivity contribution < 1.29 is 14.4 Å². The lowest BCUT2D eigenvalue weighted by molar-refractivity contribution is -0.124. The topological polar surface area (TPSA) is 78.5 Å². The first-order chi connectivity index (χ1) is 12.3. The molecular formula is C20H21N3O3. The molecule has 0 saturated carbocycles. The molecule has 2 aromatic carbocycles. The highest BCUT2D eigenvalue weighted by molar-refractivity contribution is 6.11. The summed E-state index contributed by atoms with van der Waals surface area (Å²) in [5, 5.41) is 5.96. The first-order valence-electron chi connectivity index (χ1n) is 8.38. The smallest absolute Gasteiger partial charge is 0.252 e. The van der Waals surface area contributed by atoms with E-state index >= 15 is 0 Å². The minimum absolute atomic E-state index is 0.0749. The third-order valence-electron chi connectivity index (χ3n) is 4.28. The monoisotopic (exact) mass is 351 g/mol. The maximum atomic E-state index is 12.8. The summed E-state index contributed by atoms with van der Waals surface area (Å²) >= 11 is 0. The van der Waals surface area contributed by atoms with Gasteiger partial charge >= 0.3 is 0 Å². The highest BCUT2D eigenvalue weighted by atomic mass is 16.2. The molecule has 2 aromatic rings. The van der Waals surface area contributed by atoms with Crippen LogP contribution in [0.1, 0.15) is 31.1 Å². The number of amides is 2. The molecule has 2 amide bonds. The van der Waals surface area contributed by atoms with Gasteiger partial charge in [0.15, 0.2) is 5.78 Å². The van der Waals surface area contributed by atoms with Gasteiger partial charge in [-0.1, -0.05) is 24.3 Å². The highest BCUT2D eigenvalue weighted by Gasteiger charge is 2.39. The Kier molecular flexibility index (Phi) is 4.50. The SMILES string of the molecule is CC(=O)c1cccc(NC(=O)CN2C(=O)C(C)(C)Nc3ccccc32)c1. The van der Waals surface area contributed by atoms with E-state index in [1.165, 1.54) is 11.8 Å². The van der Waals surface area contributed by atoms with Crippen molar-refractivity contribution >= 4 is 34.7 Å². The van der Waals surface area contributed by atoms with E-state index in [1.54, 1.807) is 44.2 Å². The van der Waals surface area contributed by atoms with Crippen LogP contribution in [-0.4, -0.2) is 29.7 Å². The van der Waals surface area contributed by atoms with Gasteiger partial charge < -0.3 is 10.6 Å². The summed E-state index contributed by atoms with van der Waals surface area (Å²) < 4.78 is 0. The number of carbonyl (C=O) groups is 3. The average molecular weight is 351 g/mol. The minimum Gasteiger partial charge on any atom is -0.370 e. The van der Waals surface area contributed by atoms with Gasteiger partial charge in [0.25, 0.3) is 5.91 Å². The summed E-state index contributed by atoms with van der Waals surface area (Å²) in [7, 11) is 0. The normalized spacial score (nSPS) is 15.0. The van der Waals surface area contributed by atoms with Crippen molar-refractivity contribution in [2.45, 2.75) is 26.3 Å². The first kappa shape index (κ1) is 17.7. The van der Waals surface area contributed by atoms with Gasteiger partial charge in [-0.25, -0.2) is 0 Å². The second kappa shape index (κ2) is 6.63. The van der Waals surface area contributed by atoms with Crippen molar-refractivity contribution in [2.24, 2.45) is 0 Å². The van der Waals surface area contributed by atoms with Crippen molar-refractivity contribution in [3.8, 4) is 0 Å². The van der Waals surface area contributed by atoms with Gasteiger partial charge in [0, 0.05) is 11.3 Å². The Balaban J connectivity index is 1.81. The summed E-state index contributed by atoms with van der Waals surface area (Å²) in [5.74, 6) is -0.579. The fourth-order valence-corrected chi connectivity index (χ4v) is 2.97. The molecule has 0 radical (unpaired) electrons. The quantitative estimate of drug-likeness (QED) is 0.830. The van der Waals surface area contributed by atoms with Crippen LogP contribution in [0, 0.1) is 0 Å². The molecule has 0 aromatic heterocycles. The summed E-state index contributed by atoms with van der Waals surface area (Å²) in [6.45, 7) is 4.93. The molecule has 1 aliphatic rings. The molecule has 0 bridgehead atoms. The molecule has 1 heterocycles. The van der Waals surface area contributed by atoms with Crippen LogP contribution in [0.3, 0.4) is 0 Å². The van der Waals surface area contributed by atoms with E-state index in [0.717, 1.165) is 5.69 Å². The predicted molar refractivity (Wildman–Crippen MR) is 102 cm³/mol. The molecule has 26 heavy (non-hydrogen) atoms. The van der Waals surface area contributed by atoms with Crippen molar-refractivity contribution in [1.29, 1.82) is 0 Å². The largest absolute Gasteiger partial charge is 0.370 e. The molecule has 3 rings (SSSR count). The van der Waals surface area contributed by atoms with E-state index in [1.807, 2.05) is 18.2 Å². The van der Waals surface area contributed by atoms with Crippen molar-refractivity contribution in [2.75, 3.05) is 22.1 Å². The summed E-state index contributed by atoms with van der Waals surface area (Å²) in [4.78, 5) is 38.3. The molecule has 0 unspecified atom stereocenters. The Morgan fingerprint density at radius 2 is 1.85 bits per heavy atom. The Hall–Kier alpha value is -3.15. The van der Waals surface area contributed by atoms with Gasteiger partial charge in [0.2, 0.25) is 5.91 Å². The van der Waals surface area contributed by atoms with Gasteiger partial charge in [-0.2, -0.15) is 0 Å². The lowest BCUT2D eigenvalue weighted by Gasteiger charge is -2.39. The highest BCUT2D eigenvalue weighted by Crippen LogP contribution is 2.34. The fraction of sp³-hybridized carbons (Fsp3) is 0.250. The summed E-state index contributed by atoms with van der Waals surface area (Å²) in [6.07, 6.45) is 0. The van der Waals surface area contributed by atoms with E-state index in [4.69, 9.17) is 0 Å². The predicted octanol–water partition coefficient (Wildman–Crippen LogP) is 3.07. The number of nitrogens with one attached hydrogen (secondary N) is 2. The van der Waals surface area contributed by atoms with Crippen molar-refractivity contribution in [3.63, 3.8) is 0 Å².